The van der Waals surface area contributed by atoms with Gasteiger partial charge >= 0.3 is 5.97 Å². The van der Waals surface area contributed by atoms with Crippen molar-refractivity contribution in [1.82, 2.24) is 0 Å². The van der Waals surface area contributed by atoms with Crippen LogP contribution in [0.1, 0.15) is 111 Å². The fourth-order valence-electron chi connectivity index (χ4n) is 9.13. The van der Waals surface area contributed by atoms with Crippen LogP contribution in [-0.4, -0.2) is 17.4 Å². The van der Waals surface area contributed by atoms with E-state index < -0.39 is 0 Å². The number of esters is 1. The molecule has 3 heteroatoms. The summed E-state index contributed by atoms with van der Waals surface area (Å²) in [5.74, 6) is 3.19. The molecule has 1 spiro atoms. The lowest BCUT2D eigenvalue weighted by Gasteiger charge is -2.61. The molecule has 172 valence electrons. The monoisotopic (exact) mass is 426 g/mol. The minimum absolute atomic E-state index is 0.0340. The molecule has 4 aliphatic carbocycles. The molecule has 0 radical (unpaired) electrons. The molecule has 7 atom stereocenters. The predicted octanol–water partition coefficient (Wildman–Crippen LogP) is 6.79. The van der Waals surface area contributed by atoms with Gasteiger partial charge in [0.25, 0.3) is 0 Å². The van der Waals surface area contributed by atoms with Crippen molar-refractivity contribution in [3.63, 3.8) is 0 Å². The van der Waals surface area contributed by atoms with Crippen LogP contribution in [0.25, 0.3) is 0 Å². The third-order valence-corrected chi connectivity index (χ3v) is 10.9. The van der Waals surface area contributed by atoms with Crippen LogP contribution in [0.4, 0.5) is 0 Å². The summed E-state index contributed by atoms with van der Waals surface area (Å²) in [5.41, 5.74) is 1.65. The van der Waals surface area contributed by atoms with Crippen molar-refractivity contribution in [2.24, 2.45) is 34.5 Å². The minimum atomic E-state index is -0.188. The maximum Gasteiger partial charge on any atom is 0.306 e. The molecule has 3 nitrogen and oxygen atoms in total. The summed E-state index contributed by atoms with van der Waals surface area (Å²) in [6.45, 7) is 7.25. The summed E-state index contributed by atoms with van der Waals surface area (Å²) in [7, 11) is 0. The zero-order valence-electron chi connectivity index (χ0n) is 20.0. The number of fused-ring (bicyclic) bond motifs is 6. The fourth-order valence-corrected chi connectivity index (χ4v) is 9.13. The quantitative estimate of drug-likeness (QED) is 0.359. The second-order valence-electron chi connectivity index (χ2n) is 12.1. The Bertz CT molecular complexity index is 783. The predicted molar refractivity (Wildman–Crippen MR) is 122 cm³/mol. The molecule has 0 bridgehead atoms. The van der Waals surface area contributed by atoms with Crippen molar-refractivity contribution < 1.29 is 14.3 Å². The van der Waals surface area contributed by atoms with E-state index in [4.69, 9.17) is 4.74 Å². The summed E-state index contributed by atoms with van der Waals surface area (Å²) in [5, 5.41) is 0. The van der Waals surface area contributed by atoms with Gasteiger partial charge < -0.3 is 4.74 Å². The summed E-state index contributed by atoms with van der Waals surface area (Å²) in [4.78, 5) is 24.5. The molecule has 1 saturated heterocycles. The second-order valence-corrected chi connectivity index (χ2v) is 12.1. The highest BCUT2D eigenvalue weighted by atomic mass is 16.6. The van der Waals surface area contributed by atoms with Crippen LogP contribution in [0, 0.1) is 34.5 Å². The first kappa shape index (κ1) is 21.7. The minimum Gasteiger partial charge on any atom is -0.458 e. The van der Waals surface area contributed by atoms with Crippen LogP contribution in [0.2, 0.25) is 0 Å². The Hall–Kier alpha value is -1.12. The Kier molecular flexibility index (Phi) is 5.42. The Morgan fingerprint density at radius 3 is 2.52 bits per heavy atom. The molecule has 31 heavy (non-hydrogen) atoms. The molecule has 5 rings (SSSR count). The standard InChI is InChI=1S/C28H42O3/c1-4-5-6-7-8-19-17-20-18-21(29)9-13-26(20,2)22-10-14-27(3)23(25(19)22)11-15-28(27)16-12-24(30)31-28/h18-19,22-23,25H,4-17H2,1-3H3/t19-,22+,23+,25-,26+,27+,28-/m1/s1. The highest BCUT2D eigenvalue weighted by Crippen LogP contribution is 2.71. The van der Waals surface area contributed by atoms with Crippen LogP contribution in [0.15, 0.2) is 11.6 Å². The van der Waals surface area contributed by atoms with Gasteiger partial charge in [-0.25, -0.2) is 0 Å². The second kappa shape index (κ2) is 7.73. The van der Waals surface area contributed by atoms with Crippen LogP contribution in [0.5, 0.6) is 0 Å². The van der Waals surface area contributed by atoms with Crippen LogP contribution < -0.4 is 0 Å². The largest absolute Gasteiger partial charge is 0.458 e. The molecule has 4 fully saturated rings. The van der Waals surface area contributed by atoms with Gasteiger partial charge in [0.2, 0.25) is 0 Å². The van der Waals surface area contributed by atoms with E-state index in [9.17, 15) is 9.59 Å². The lowest BCUT2D eigenvalue weighted by atomic mass is 9.43. The lowest BCUT2D eigenvalue weighted by Crippen LogP contribution is -2.57. The van der Waals surface area contributed by atoms with E-state index in [2.05, 4.69) is 26.8 Å². The van der Waals surface area contributed by atoms with Gasteiger partial charge in [-0.05, 0) is 86.5 Å². The molecular formula is C28H42O3. The summed E-state index contributed by atoms with van der Waals surface area (Å²) in [6.07, 6.45) is 17.8. The smallest absolute Gasteiger partial charge is 0.306 e. The van der Waals surface area contributed by atoms with Crippen LogP contribution in [0.3, 0.4) is 0 Å². The summed E-state index contributed by atoms with van der Waals surface area (Å²) >= 11 is 0. The number of allylic oxidation sites excluding steroid dienone is 1. The van der Waals surface area contributed by atoms with E-state index >= 15 is 0 Å². The number of carbonyl (C=O) groups is 2. The molecule has 3 saturated carbocycles. The molecule has 0 amide bonds. The van der Waals surface area contributed by atoms with Crippen molar-refractivity contribution in [1.29, 1.82) is 0 Å². The SMILES string of the molecule is CCCCCC[C@@H]1CC2=CC(=O)CC[C@]2(C)[C@H]2CC[C@@]3(C)[C@@H](CC[C@@]34CCC(=O)O4)[C@H]12. The third kappa shape index (κ3) is 3.19. The maximum atomic E-state index is 12.3. The first-order valence-corrected chi connectivity index (χ1v) is 13.3. The van der Waals surface area contributed by atoms with Crippen molar-refractivity contribution in [3.05, 3.63) is 11.6 Å². The number of rotatable bonds is 5. The normalized spacial score (nSPS) is 46.4. The molecule has 0 unspecified atom stereocenters. The molecule has 0 aromatic carbocycles. The summed E-state index contributed by atoms with van der Waals surface area (Å²) in [6, 6.07) is 0. The molecule has 0 N–H and O–H groups in total. The number of unbranched alkanes of at least 4 members (excludes halogenated alkanes) is 3. The summed E-state index contributed by atoms with van der Waals surface area (Å²) < 4.78 is 6.16. The molecule has 0 aromatic heterocycles. The van der Waals surface area contributed by atoms with E-state index in [1.807, 2.05) is 0 Å². The molecular weight excluding hydrogens is 384 g/mol. The van der Waals surface area contributed by atoms with Crippen molar-refractivity contribution in [3.8, 4) is 0 Å². The number of hydrogen-bond acceptors (Lipinski definition) is 3. The van der Waals surface area contributed by atoms with E-state index in [0.717, 1.165) is 38.0 Å². The average Bonchev–Trinajstić information content (AvgIpc) is 3.26. The highest BCUT2D eigenvalue weighted by molar-refractivity contribution is 5.91. The van der Waals surface area contributed by atoms with E-state index in [1.54, 1.807) is 0 Å². The maximum absolute atomic E-state index is 12.3. The van der Waals surface area contributed by atoms with E-state index in [-0.39, 0.29) is 22.4 Å². The van der Waals surface area contributed by atoms with Gasteiger partial charge in [0.1, 0.15) is 5.60 Å². The Balaban J connectivity index is 1.48. The van der Waals surface area contributed by atoms with E-state index in [1.165, 1.54) is 56.9 Å². The molecule has 5 aliphatic rings. The van der Waals surface area contributed by atoms with E-state index in [0.29, 0.717) is 30.0 Å². The first-order chi connectivity index (χ1) is 14.8. The van der Waals surface area contributed by atoms with Crippen LogP contribution in [-0.2, 0) is 14.3 Å². The highest BCUT2D eigenvalue weighted by Gasteiger charge is 2.68. The van der Waals surface area contributed by atoms with Gasteiger partial charge in [0, 0.05) is 18.3 Å². The average molecular weight is 427 g/mol. The Morgan fingerprint density at radius 2 is 1.77 bits per heavy atom. The Morgan fingerprint density at radius 1 is 0.968 bits per heavy atom. The van der Waals surface area contributed by atoms with Gasteiger partial charge in [-0.15, -0.1) is 0 Å². The zero-order chi connectivity index (χ0) is 21.9. The van der Waals surface area contributed by atoms with Gasteiger partial charge in [-0.2, -0.15) is 0 Å². The van der Waals surface area contributed by atoms with Gasteiger partial charge in [0.15, 0.2) is 5.78 Å². The Labute approximate surface area is 188 Å². The molecule has 1 aliphatic heterocycles. The van der Waals surface area contributed by atoms with Crippen molar-refractivity contribution >= 4 is 11.8 Å². The molecule has 0 aromatic rings. The lowest BCUT2D eigenvalue weighted by molar-refractivity contribution is -0.171. The van der Waals surface area contributed by atoms with Gasteiger partial charge in [-0.3, -0.25) is 9.59 Å². The van der Waals surface area contributed by atoms with Crippen molar-refractivity contribution in [2.75, 3.05) is 0 Å². The topological polar surface area (TPSA) is 43.4 Å². The number of carbonyl (C=O) groups excluding carboxylic acids is 2. The third-order valence-electron chi connectivity index (χ3n) is 10.9. The molecule has 1 heterocycles. The number of hydrogen-bond donors (Lipinski definition) is 0. The van der Waals surface area contributed by atoms with Gasteiger partial charge in [0.05, 0.1) is 0 Å². The number of ether oxygens (including phenoxy) is 1. The van der Waals surface area contributed by atoms with Gasteiger partial charge in [-0.1, -0.05) is 52.0 Å². The van der Waals surface area contributed by atoms with Crippen molar-refractivity contribution in [2.45, 2.75) is 116 Å². The number of ketones is 1. The fraction of sp³-hybridized carbons (Fsp3) is 0.857. The van der Waals surface area contributed by atoms with Crippen LogP contribution >= 0.6 is 0 Å². The first-order valence-electron chi connectivity index (χ1n) is 13.3. The zero-order valence-corrected chi connectivity index (χ0v) is 20.0.